The first-order valence-electron chi connectivity index (χ1n) is 5.09. The maximum atomic E-state index is 10.9. The number of carboxylic acid groups (broad SMARTS) is 2. The van der Waals surface area contributed by atoms with Crippen LogP contribution in [0.25, 0.3) is 10.1 Å². The van der Waals surface area contributed by atoms with Gasteiger partial charge in [-0.15, -0.1) is 11.3 Å². The largest absolute Gasteiger partial charge is 0.479 e. The van der Waals surface area contributed by atoms with Gasteiger partial charge in [0.15, 0.2) is 0 Å². The molecular formula is C12H10O5S. The lowest BCUT2D eigenvalue weighted by atomic mass is 9.94. The van der Waals surface area contributed by atoms with Crippen molar-refractivity contribution in [3.8, 4) is 0 Å². The van der Waals surface area contributed by atoms with Gasteiger partial charge >= 0.3 is 11.9 Å². The van der Waals surface area contributed by atoms with Crippen molar-refractivity contribution in [2.24, 2.45) is 0 Å². The highest BCUT2D eigenvalue weighted by Crippen LogP contribution is 2.28. The molecular weight excluding hydrogens is 256 g/mol. The Morgan fingerprint density at radius 2 is 1.78 bits per heavy atom. The van der Waals surface area contributed by atoms with Crippen LogP contribution in [0.4, 0.5) is 0 Å². The van der Waals surface area contributed by atoms with E-state index in [1.807, 2.05) is 12.1 Å². The normalized spacial score (nSPS) is 11.6. The fourth-order valence-corrected chi connectivity index (χ4v) is 2.65. The fourth-order valence-electron chi connectivity index (χ4n) is 1.69. The highest BCUT2D eigenvalue weighted by molar-refractivity contribution is 7.17. The summed E-state index contributed by atoms with van der Waals surface area (Å²) in [4.78, 5) is 21.8. The maximum absolute atomic E-state index is 10.9. The molecule has 3 N–H and O–H groups in total. The number of benzene rings is 1. The Morgan fingerprint density at radius 3 is 2.39 bits per heavy atom. The molecule has 0 aliphatic carbocycles. The quantitative estimate of drug-likeness (QED) is 0.726. The van der Waals surface area contributed by atoms with Gasteiger partial charge in [0.1, 0.15) is 0 Å². The Bertz CT molecular complexity index is 602. The Balaban J connectivity index is 2.44. The van der Waals surface area contributed by atoms with Crippen LogP contribution < -0.4 is 0 Å². The number of carboxylic acids is 2. The van der Waals surface area contributed by atoms with E-state index in [0.717, 1.165) is 10.1 Å². The maximum Gasteiger partial charge on any atom is 0.347 e. The summed E-state index contributed by atoms with van der Waals surface area (Å²) in [5, 5.41) is 29.8. The van der Waals surface area contributed by atoms with E-state index in [-0.39, 0.29) is 0 Å². The van der Waals surface area contributed by atoms with Crippen LogP contribution >= 0.6 is 11.3 Å². The molecule has 18 heavy (non-hydrogen) atoms. The predicted molar refractivity (Wildman–Crippen MR) is 65.8 cm³/mol. The van der Waals surface area contributed by atoms with Crippen molar-refractivity contribution in [2.45, 2.75) is 12.0 Å². The van der Waals surface area contributed by atoms with Gasteiger partial charge in [0.05, 0.1) is 0 Å². The monoisotopic (exact) mass is 266 g/mol. The van der Waals surface area contributed by atoms with E-state index in [0.29, 0.717) is 5.56 Å². The fraction of sp³-hybridized carbons (Fsp3) is 0.167. The van der Waals surface area contributed by atoms with E-state index in [1.165, 1.54) is 11.3 Å². The average Bonchev–Trinajstić information content (AvgIpc) is 2.72. The second-order valence-corrected chi connectivity index (χ2v) is 4.82. The van der Waals surface area contributed by atoms with E-state index >= 15 is 0 Å². The van der Waals surface area contributed by atoms with Crippen molar-refractivity contribution in [2.75, 3.05) is 0 Å². The van der Waals surface area contributed by atoms with Gasteiger partial charge < -0.3 is 15.3 Å². The van der Waals surface area contributed by atoms with Crippen LogP contribution in [0, 0.1) is 0 Å². The number of hydrogen-bond acceptors (Lipinski definition) is 4. The second kappa shape index (κ2) is 4.40. The van der Waals surface area contributed by atoms with Gasteiger partial charge in [-0.3, -0.25) is 0 Å². The summed E-state index contributed by atoms with van der Waals surface area (Å²) in [6.07, 6.45) is -0.457. The Kier molecular flexibility index (Phi) is 3.06. The van der Waals surface area contributed by atoms with E-state index in [9.17, 15) is 14.7 Å². The molecule has 2 rings (SSSR count). The van der Waals surface area contributed by atoms with Crippen molar-refractivity contribution in [3.63, 3.8) is 0 Å². The van der Waals surface area contributed by atoms with Gasteiger partial charge in [0, 0.05) is 11.1 Å². The first-order valence-corrected chi connectivity index (χ1v) is 5.97. The lowest BCUT2D eigenvalue weighted by molar-refractivity contribution is -0.175. The minimum absolute atomic E-state index is 0.457. The van der Waals surface area contributed by atoms with Crippen LogP contribution in [0.2, 0.25) is 0 Å². The van der Waals surface area contributed by atoms with Gasteiger partial charge in [-0.25, -0.2) is 9.59 Å². The molecule has 1 heterocycles. The van der Waals surface area contributed by atoms with Crippen molar-refractivity contribution in [1.82, 2.24) is 0 Å². The second-order valence-electron chi connectivity index (χ2n) is 3.90. The summed E-state index contributed by atoms with van der Waals surface area (Å²) in [7, 11) is 0. The molecule has 0 saturated heterocycles. The van der Waals surface area contributed by atoms with E-state index in [4.69, 9.17) is 10.2 Å². The Morgan fingerprint density at radius 1 is 1.17 bits per heavy atom. The Labute approximate surface area is 106 Å². The third-order valence-corrected chi connectivity index (χ3v) is 3.73. The standard InChI is InChI=1S/C12H10O5S/c13-10(14)12(17,11(15)16)5-7-6-18-9-4-2-1-3-8(7)9/h1-4,6,17H,5H2,(H,13,14)(H,15,16). The Hall–Kier alpha value is -1.92. The first kappa shape index (κ1) is 12.5. The molecule has 1 aromatic carbocycles. The smallest absolute Gasteiger partial charge is 0.347 e. The third kappa shape index (κ3) is 1.96. The molecule has 0 unspecified atom stereocenters. The zero-order valence-corrected chi connectivity index (χ0v) is 9.98. The van der Waals surface area contributed by atoms with E-state index in [1.54, 1.807) is 17.5 Å². The summed E-state index contributed by atoms with van der Waals surface area (Å²) in [5.41, 5.74) is -2.27. The molecule has 0 spiro atoms. The van der Waals surface area contributed by atoms with Crippen molar-refractivity contribution in [1.29, 1.82) is 0 Å². The van der Waals surface area contributed by atoms with Gasteiger partial charge in [-0.2, -0.15) is 0 Å². The molecule has 6 heteroatoms. The zero-order chi connectivity index (χ0) is 13.3. The van der Waals surface area contributed by atoms with Gasteiger partial charge in [0.2, 0.25) is 0 Å². The molecule has 0 saturated carbocycles. The summed E-state index contributed by atoms with van der Waals surface area (Å²) in [5.74, 6) is -3.52. The summed E-state index contributed by atoms with van der Waals surface area (Å²) in [6, 6.07) is 7.23. The third-order valence-electron chi connectivity index (χ3n) is 2.72. The number of aliphatic hydroxyl groups is 1. The number of rotatable bonds is 4. The van der Waals surface area contributed by atoms with Crippen LogP contribution in [0.15, 0.2) is 29.6 Å². The van der Waals surface area contributed by atoms with Crippen LogP contribution in [0.3, 0.4) is 0 Å². The lowest BCUT2D eigenvalue weighted by Crippen LogP contribution is -2.48. The molecule has 0 fully saturated rings. The molecule has 0 radical (unpaired) electrons. The summed E-state index contributed by atoms with van der Waals surface area (Å²) >= 11 is 1.38. The van der Waals surface area contributed by atoms with Crippen molar-refractivity contribution >= 4 is 33.4 Å². The number of aliphatic carboxylic acids is 2. The molecule has 0 aliphatic heterocycles. The number of thiophene rings is 1. The molecule has 2 aromatic rings. The van der Waals surface area contributed by atoms with Crippen molar-refractivity contribution < 1.29 is 24.9 Å². The molecule has 1 aromatic heterocycles. The molecule has 0 atom stereocenters. The molecule has 5 nitrogen and oxygen atoms in total. The molecule has 0 aliphatic rings. The highest BCUT2D eigenvalue weighted by Gasteiger charge is 2.45. The summed E-state index contributed by atoms with van der Waals surface area (Å²) < 4.78 is 0.922. The number of fused-ring (bicyclic) bond motifs is 1. The minimum atomic E-state index is -2.79. The van der Waals surface area contributed by atoms with Crippen LogP contribution in [0.1, 0.15) is 5.56 Å². The summed E-state index contributed by atoms with van der Waals surface area (Å²) in [6.45, 7) is 0. The lowest BCUT2D eigenvalue weighted by Gasteiger charge is -2.17. The first-order chi connectivity index (χ1) is 8.45. The number of hydrogen-bond donors (Lipinski definition) is 3. The predicted octanol–water partition coefficient (Wildman–Crippen LogP) is 1.34. The van der Waals surface area contributed by atoms with E-state index < -0.39 is 24.0 Å². The number of carbonyl (C=O) groups is 2. The van der Waals surface area contributed by atoms with Gasteiger partial charge in [0.25, 0.3) is 5.60 Å². The zero-order valence-electron chi connectivity index (χ0n) is 9.16. The van der Waals surface area contributed by atoms with Crippen LogP contribution in [0.5, 0.6) is 0 Å². The topological polar surface area (TPSA) is 94.8 Å². The van der Waals surface area contributed by atoms with Crippen molar-refractivity contribution in [3.05, 3.63) is 35.2 Å². The SMILES string of the molecule is O=C(O)C(O)(Cc1csc2ccccc12)C(=O)O. The highest BCUT2D eigenvalue weighted by atomic mass is 32.1. The van der Waals surface area contributed by atoms with Crippen LogP contribution in [-0.2, 0) is 16.0 Å². The molecule has 0 bridgehead atoms. The van der Waals surface area contributed by atoms with Gasteiger partial charge in [-0.05, 0) is 22.4 Å². The van der Waals surface area contributed by atoms with Gasteiger partial charge in [-0.1, -0.05) is 18.2 Å². The van der Waals surface area contributed by atoms with E-state index in [2.05, 4.69) is 0 Å². The minimum Gasteiger partial charge on any atom is -0.479 e. The molecule has 94 valence electrons. The average molecular weight is 266 g/mol. The molecule has 0 amide bonds. The van der Waals surface area contributed by atoms with Crippen LogP contribution in [-0.4, -0.2) is 32.9 Å².